The number of nitrogens with one attached hydrogen (secondary N) is 1. The minimum atomic E-state index is -0.154. The summed E-state index contributed by atoms with van der Waals surface area (Å²) in [6, 6.07) is 7.77. The zero-order chi connectivity index (χ0) is 19.1. The molecule has 0 saturated carbocycles. The molecule has 0 aliphatic heterocycles. The van der Waals surface area contributed by atoms with Crippen LogP contribution in [0, 0.1) is 0 Å². The van der Waals surface area contributed by atoms with Crippen LogP contribution >= 0.6 is 22.7 Å². The SMILES string of the molecule is O=C(CCn1cnc2sc3c(c2c1=O)CCCC3)Nc1nc2ccccc2s1. The van der Waals surface area contributed by atoms with Crippen LogP contribution in [0.3, 0.4) is 0 Å². The van der Waals surface area contributed by atoms with Crippen LogP contribution in [0.1, 0.15) is 29.7 Å². The number of carbonyl (C=O) groups excluding carboxylic acids is 1. The summed E-state index contributed by atoms with van der Waals surface area (Å²) in [5.41, 5.74) is 2.02. The minimum Gasteiger partial charge on any atom is -0.302 e. The number of benzene rings is 1. The van der Waals surface area contributed by atoms with Crippen LogP contribution in [0.2, 0.25) is 0 Å². The van der Waals surface area contributed by atoms with Gasteiger partial charge in [0.05, 0.1) is 21.9 Å². The van der Waals surface area contributed by atoms with E-state index < -0.39 is 0 Å². The highest BCUT2D eigenvalue weighted by Crippen LogP contribution is 2.33. The zero-order valence-corrected chi connectivity index (χ0v) is 16.7. The fourth-order valence-electron chi connectivity index (χ4n) is 3.67. The predicted molar refractivity (Wildman–Crippen MR) is 113 cm³/mol. The molecule has 6 nitrogen and oxygen atoms in total. The number of thiazole rings is 1. The van der Waals surface area contributed by atoms with Crippen molar-refractivity contribution < 1.29 is 4.79 Å². The van der Waals surface area contributed by atoms with Gasteiger partial charge in [-0.05, 0) is 43.4 Å². The Hall–Kier alpha value is -2.58. The number of rotatable bonds is 4. The average Bonchev–Trinajstić information content (AvgIpc) is 3.28. The topological polar surface area (TPSA) is 76.9 Å². The Labute approximate surface area is 168 Å². The Balaban J connectivity index is 1.33. The van der Waals surface area contributed by atoms with E-state index in [2.05, 4.69) is 15.3 Å². The first-order chi connectivity index (χ1) is 13.7. The van der Waals surface area contributed by atoms with Crippen LogP contribution in [0.15, 0.2) is 35.4 Å². The van der Waals surface area contributed by atoms with Crippen LogP contribution in [-0.4, -0.2) is 20.4 Å². The second-order valence-corrected chi connectivity index (χ2v) is 9.03. The molecule has 1 aliphatic rings. The van der Waals surface area contributed by atoms with Crippen LogP contribution in [0.25, 0.3) is 20.4 Å². The molecule has 28 heavy (non-hydrogen) atoms. The molecule has 1 amide bonds. The Morgan fingerprint density at radius 3 is 2.93 bits per heavy atom. The molecule has 0 saturated heterocycles. The van der Waals surface area contributed by atoms with Crippen molar-refractivity contribution in [2.75, 3.05) is 5.32 Å². The summed E-state index contributed by atoms with van der Waals surface area (Å²) in [7, 11) is 0. The highest BCUT2D eigenvalue weighted by Gasteiger charge is 2.20. The molecule has 1 N–H and O–H groups in total. The van der Waals surface area contributed by atoms with Gasteiger partial charge in [0.1, 0.15) is 4.83 Å². The second kappa shape index (κ2) is 7.10. The summed E-state index contributed by atoms with van der Waals surface area (Å²) in [5, 5.41) is 4.18. The summed E-state index contributed by atoms with van der Waals surface area (Å²) in [4.78, 5) is 36.3. The van der Waals surface area contributed by atoms with E-state index in [9.17, 15) is 9.59 Å². The summed E-state index contributed by atoms with van der Waals surface area (Å²) in [6.07, 6.45) is 6.07. The number of nitrogens with zero attached hydrogens (tertiary/aromatic N) is 3. The number of hydrogen-bond donors (Lipinski definition) is 1. The molecular formula is C20H18N4O2S2. The fraction of sp³-hybridized carbons (Fsp3) is 0.300. The van der Waals surface area contributed by atoms with E-state index in [4.69, 9.17) is 0 Å². The Bertz CT molecular complexity index is 1220. The Morgan fingerprint density at radius 2 is 2.04 bits per heavy atom. The van der Waals surface area contributed by atoms with E-state index in [1.165, 1.54) is 28.2 Å². The van der Waals surface area contributed by atoms with Crippen LogP contribution in [-0.2, 0) is 24.2 Å². The largest absolute Gasteiger partial charge is 0.302 e. The number of anilines is 1. The summed E-state index contributed by atoms with van der Waals surface area (Å²) < 4.78 is 2.59. The molecule has 3 heterocycles. The molecule has 4 aromatic rings. The molecular weight excluding hydrogens is 392 g/mol. The van der Waals surface area contributed by atoms with Gasteiger partial charge in [0.2, 0.25) is 5.91 Å². The van der Waals surface area contributed by atoms with Gasteiger partial charge in [0.15, 0.2) is 5.13 Å². The standard InChI is InChI=1S/C20H18N4O2S2/c25-16(23-20-22-13-6-2-4-8-15(13)28-20)9-10-24-11-21-18-17(19(24)26)12-5-1-3-7-14(12)27-18/h2,4,6,8,11H,1,3,5,7,9-10H2,(H,22,23,25). The lowest BCUT2D eigenvalue weighted by Crippen LogP contribution is -2.24. The number of hydrogen-bond acceptors (Lipinski definition) is 6. The van der Waals surface area contributed by atoms with Crippen molar-refractivity contribution in [3.8, 4) is 0 Å². The van der Waals surface area contributed by atoms with Gasteiger partial charge in [-0.1, -0.05) is 23.5 Å². The number of thiophene rings is 1. The lowest BCUT2D eigenvalue weighted by atomic mass is 9.97. The first-order valence-corrected chi connectivity index (χ1v) is 11.0. The average molecular weight is 411 g/mol. The summed E-state index contributed by atoms with van der Waals surface area (Å²) in [6.45, 7) is 0.309. The third-order valence-corrected chi connectivity index (χ3v) is 7.21. The van der Waals surface area contributed by atoms with Gasteiger partial charge in [-0.25, -0.2) is 9.97 Å². The van der Waals surface area contributed by atoms with E-state index in [1.807, 2.05) is 24.3 Å². The van der Waals surface area contributed by atoms with Crippen molar-refractivity contribution in [2.24, 2.45) is 0 Å². The molecule has 0 fully saturated rings. The third kappa shape index (κ3) is 3.12. The minimum absolute atomic E-state index is 0.0304. The zero-order valence-electron chi connectivity index (χ0n) is 15.1. The van der Waals surface area contributed by atoms with Crippen molar-refractivity contribution in [3.05, 3.63) is 51.4 Å². The quantitative estimate of drug-likeness (QED) is 0.552. The smallest absolute Gasteiger partial charge is 0.262 e. The third-order valence-electron chi connectivity index (χ3n) is 5.06. The molecule has 1 aromatic carbocycles. The molecule has 8 heteroatoms. The fourth-order valence-corrected chi connectivity index (χ4v) is 5.77. The second-order valence-electron chi connectivity index (χ2n) is 6.92. The van der Waals surface area contributed by atoms with Gasteiger partial charge in [0.25, 0.3) is 5.56 Å². The van der Waals surface area contributed by atoms with Crippen molar-refractivity contribution in [1.29, 1.82) is 0 Å². The van der Waals surface area contributed by atoms with E-state index in [0.29, 0.717) is 11.7 Å². The van der Waals surface area contributed by atoms with E-state index >= 15 is 0 Å². The molecule has 0 bridgehead atoms. The van der Waals surface area contributed by atoms with E-state index in [-0.39, 0.29) is 17.9 Å². The summed E-state index contributed by atoms with van der Waals surface area (Å²) in [5.74, 6) is -0.154. The maximum absolute atomic E-state index is 12.9. The molecule has 5 rings (SSSR count). The lowest BCUT2D eigenvalue weighted by Gasteiger charge is -2.10. The van der Waals surface area contributed by atoms with Crippen LogP contribution < -0.4 is 10.9 Å². The number of aromatic nitrogens is 3. The number of carbonyl (C=O) groups is 1. The van der Waals surface area contributed by atoms with Gasteiger partial charge >= 0.3 is 0 Å². The molecule has 1 aliphatic carbocycles. The van der Waals surface area contributed by atoms with Gasteiger partial charge in [-0.3, -0.25) is 14.2 Å². The number of para-hydroxylation sites is 1. The van der Waals surface area contributed by atoms with Crippen molar-refractivity contribution >= 4 is 54.1 Å². The van der Waals surface area contributed by atoms with E-state index in [1.54, 1.807) is 22.2 Å². The molecule has 3 aromatic heterocycles. The predicted octanol–water partition coefficient (Wildman–Crippen LogP) is 3.98. The highest BCUT2D eigenvalue weighted by atomic mass is 32.1. The van der Waals surface area contributed by atoms with Gasteiger partial charge in [0, 0.05) is 17.8 Å². The molecule has 0 spiro atoms. The van der Waals surface area contributed by atoms with Crippen LogP contribution in [0.5, 0.6) is 0 Å². The lowest BCUT2D eigenvalue weighted by molar-refractivity contribution is -0.116. The Morgan fingerprint density at radius 1 is 1.18 bits per heavy atom. The molecule has 0 atom stereocenters. The Kier molecular flexibility index (Phi) is 4.44. The van der Waals surface area contributed by atoms with Gasteiger partial charge in [-0.15, -0.1) is 11.3 Å². The van der Waals surface area contributed by atoms with Gasteiger partial charge < -0.3 is 5.32 Å². The number of amides is 1. The molecule has 142 valence electrons. The van der Waals surface area contributed by atoms with Crippen molar-refractivity contribution in [3.63, 3.8) is 0 Å². The maximum atomic E-state index is 12.9. The number of fused-ring (bicyclic) bond motifs is 4. The van der Waals surface area contributed by atoms with Crippen LogP contribution in [0.4, 0.5) is 5.13 Å². The van der Waals surface area contributed by atoms with Gasteiger partial charge in [-0.2, -0.15) is 0 Å². The first-order valence-electron chi connectivity index (χ1n) is 9.34. The maximum Gasteiger partial charge on any atom is 0.262 e. The first kappa shape index (κ1) is 17.5. The summed E-state index contributed by atoms with van der Waals surface area (Å²) >= 11 is 3.09. The van der Waals surface area contributed by atoms with Crippen molar-refractivity contribution in [1.82, 2.24) is 14.5 Å². The molecule has 0 unspecified atom stereocenters. The number of aryl methyl sites for hydroxylation is 3. The van der Waals surface area contributed by atoms with E-state index in [0.717, 1.165) is 39.7 Å². The molecule has 0 radical (unpaired) electrons. The normalized spacial score (nSPS) is 13.7. The highest BCUT2D eigenvalue weighted by molar-refractivity contribution is 7.22. The van der Waals surface area contributed by atoms with Crippen molar-refractivity contribution in [2.45, 2.75) is 38.6 Å². The monoisotopic (exact) mass is 410 g/mol.